The Labute approximate surface area is 117 Å². The zero-order chi connectivity index (χ0) is 14.3. The number of nitrogens with one attached hydrogen (secondary N) is 1. The first-order valence-corrected chi connectivity index (χ1v) is 8.52. The fraction of sp³-hybridized carbons (Fsp3) is 0.583. The lowest BCUT2D eigenvalue weighted by molar-refractivity contribution is 0.0812. The molecule has 1 aromatic heterocycles. The number of nitrogens with zero attached hydrogens (tertiary/aromatic N) is 1. The molecule has 5 nitrogen and oxygen atoms in total. The number of aryl methyl sites for hydroxylation is 1. The van der Waals surface area contributed by atoms with E-state index in [1.54, 1.807) is 7.05 Å². The summed E-state index contributed by atoms with van der Waals surface area (Å²) in [6.07, 6.45) is 5.28. The Hall–Kier alpha value is -1.01. The van der Waals surface area contributed by atoms with Crippen molar-refractivity contribution in [2.45, 2.75) is 43.0 Å². The summed E-state index contributed by atoms with van der Waals surface area (Å²) < 4.78 is 24.0. The second kappa shape index (κ2) is 4.83. The van der Waals surface area contributed by atoms with Crippen LogP contribution in [0.2, 0.25) is 0 Å². The van der Waals surface area contributed by atoms with E-state index in [0.717, 1.165) is 25.7 Å². The molecule has 0 aliphatic heterocycles. The second-order valence-corrected chi connectivity index (χ2v) is 7.62. The van der Waals surface area contributed by atoms with Crippen molar-refractivity contribution in [2.75, 3.05) is 0 Å². The van der Waals surface area contributed by atoms with E-state index in [1.807, 2.05) is 6.92 Å². The smallest absolute Gasteiger partial charge is 0.268 e. The van der Waals surface area contributed by atoms with Gasteiger partial charge in [-0.2, -0.15) is 0 Å². The first-order valence-electron chi connectivity index (χ1n) is 6.21. The second-order valence-electron chi connectivity index (χ2n) is 5.05. The molecule has 2 rings (SSSR count). The first-order chi connectivity index (χ1) is 8.77. The zero-order valence-electron chi connectivity index (χ0n) is 10.9. The lowest BCUT2D eigenvalue weighted by Crippen LogP contribution is -2.53. The van der Waals surface area contributed by atoms with Gasteiger partial charge in [0, 0.05) is 29.5 Å². The third-order valence-electron chi connectivity index (χ3n) is 3.86. The highest BCUT2D eigenvalue weighted by atomic mass is 35.7. The van der Waals surface area contributed by atoms with Gasteiger partial charge in [0.15, 0.2) is 0 Å². The van der Waals surface area contributed by atoms with Gasteiger partial charge in [0.1, 0.15) is 10.6 Å². The van der Waals surface area contributed by atoms with E-state index in [-0.39, 0.29) is 16.3 Å². The number of hydrogen-bond acceptors (Lipinski definition) is 3. The monoisotopic (exact) mass is 304 g/mol. The third-order valence-corrected chi connectivity index (χ3v) is 5.18. The topological polar surface area (TPSA) is 68.2 Å². The predicted molar refractivity (Wildman–Crippen MR) is 72.8 cm³/mol. The zero-order valence-corrected chi connectivity index (χ0v) is 12.5. The summed E-state index contributed by atoms with van der Waals surface area (Å²) in [6, 6.07) is 1.31. The van der Waals surface area contributed by atoms with Crippen molar-refractivity contribution in [3.8, 4) is 0 Å². The molecule has 1 saturated carbocycles. The van der Waals surface area contributed by atoms with Gasteiger partial charge < -0.3 is 9.88 Å². The summed E-state index contributed by atoms with van der Waals surface area (Å²) >= 11 is 0. The molecule has 1 fully saturated rings. The minimum Gasteiger partial charge on any atom is -0.345 e. The Balaban J connectivity index is 2.22. The van der Waals surface area contributed by atoms with Gasteiger partial charge in [-0.3, -0.25) is 4.79 Å². The maximum Gasteiger partial charge on any atom is 0.268 e. The highest BCUT2D eigenvalue weighted by Gasteiger charge is 2.37. The summed E-state index contributed by atoms with van der Waals surface area (Å²) in [5.41, 5.74) is 0.181. The molecule has 0 bridgehead atoms. The molecule has 0 spiro atoms. The van der Waals surface area contributed by atoms with Crippen LogP contribution in [0.25, 0.3) is 0 Å². The Morgan fingerprint density at radius 2 is 2.16 bits per heavy atom. The number of carbonyl (C=O) groups is 1. The molecule has 0 unspecified atom stereocenters. The quantitative estimate of drug-likeness (QED) is 0.865. The van der Waals surface area contributed by atoms with Crippen LogP contribution in [0.5, 0.6) is 0 Å². The standard InChI is InChI=1S/C12H17ClN2O3S/c1-3-12(5-4-6-12)14-11(16)10-7-9(8-15(10)2)19(13,17)18/h7-8H,3-6H2,1-2H3,(H,14,16). The Morgan fingerprint density at radius 3 is 2.53 bits per heavy atom. The van der Waals surface area contributed by atoms with E-state index in [2.05, 4.69) is 5.32 Å². The van der Waals surface area contributed by atoms with Crippen LogP contribution in [0, 0.1) is 0 Å². The molecular formula is C12H17ClN2O3S. The van der Waals surface area contributed by atoms with Crippen LogP contribution < -0.4 is 5.32 Å². The summed E-state index contributed by atoms with van der Waals surface area (Å²) in [7, 11) is 3.09. The molecule has 1 N–H and O–H groups in total. The summed E-state index contributed by atoms with van der Waals surface area (Å²) in [6.45, 7) is 2.04. The number of hydrogen-bond donors (Lipinski definition) is 1. The number of carbonyl (C=O) groups excluding carboxylic acids is 1. The van der Waals surface area contributed by atoms with Crippen LogP contribution in [-0.4, -0.2) is 24.4 Å². The maximum atomic E-state index is 12.2. The molecule has 0 saturated heterocycles. The fourth-order valence-corrected chi connectivity index (χ4v) is 3.16. The van der Waals surface area contributed by atoms with Crippen molar-refractivity contribution in [3.63, 3.8) is 0 Å². The number of aromatic nitrogens is 1. The highest BCUT2D eigenvalue weighted by molar-refractivity contribution is 8.13. The molecule has 1 aliphatic carbocycles. The highest BCUT2D eigenvalue weighted by Crippen LogP contribution is 2.35. The van der Waals surface area contributed by atoms with Crippen LogP contribution in [0.15, 0.2) is 17.2 Å². The van der Waals surface area contributed by atoms with Crippen LogP contribution in [0.4, 0.5) is 0 Å². The number of halogens is 1. The van der Waals surface area contributed by atoms with Crippen molar-refractivity contribution in [2.24, 2.45) is 7.05 Å². The normalized spacial score (nSPS) is 17.8. The van der Waals surface area contributed by atoms with E-state index < -0.39 is 9.05 Å². The number of rotatable bonds is 4. The molecular weight excluding hydrogens is 288 g/mol. The van der Waals surface area contributed by atoms with Gasteiger partial charge in [0.05, 0.1) is 0 Å². The van der Waals surface area contributed by atoms with E-state index >= 15 is 0 Å². The van der Waals surface area contributed by atoms with Gasteiger partial charge in [0.2, 0.25) is 0 Å². The molecule has 1 aromatic rings. The van der Waals surface area contributed by atoms with Gasteiger partial charge in [-0.15, -0.1) is 0 Å². The first kappa shape index (κ1) is 14.4. The van der Waals surface area contributed by atoms with Crippen molar-refractivity contribution < 1.29 is 13.2 Å². The summed E-state index contributed by atoms with van der Waals surface area (Å²) in [5.74, 6) is -0.254. The molecule has 0 aromatic carbocycles. The van der Waals surface area contributed by atoms with Crippen molar-refractivity contribution in [3.05, 3.63) is 18.0 Å². The molecule has 1 heterocycles. The molecule has 19 heavy (non-hydrogen) atoms. The maximum absolute atomic E-state index is 12.2. The Morgan fingerprint density at radius 1 is 1.53 bits per heavy atom. The predicted octanol–water partition coefficient (Wildman–Crippen LogP) is 2.02. The van der Waals surface area contributed by atoms with Gasteiger partial charge in [-0.1, -0.05) is 6.92 Å². The van der Waals surface area contributed by atoms with E-state index in [9.17, 15) is 13.2 Å². The lowest BCUT2D eigenvalue weighted by atomic mass is 9.75. The summed E-state index contributed by atoms with van der Waals surface area (Å²) in [5, 5.41) is 3.00. The van der Waals surface area contributed by atoms with E-state index in [4.69, 9.17) is 10.7 Å². The molecule has 0 radical (unpaired) electrons. The van der Waals surface area contributed by atoms with E-state index in [1.165, 1.54) is 16.8 Å². The molecule has 7 heteroatoms. The minimum atomic E-state index is -3.81. The Kier molecular flexibility index (Phi) is 3.66. The van der Waals surface area contributed by atoms with Gasteiger partial charge in [-0.05, 0) is 31.7 Å². The SMILES string of the molecule is CCC1(NC(=O)c2cc(S(=O)(=O)Cl)cn2C)CCC1. The average molecular weight is 305 g/mol. The third kappa shape index (κ3) is 2.79. The van der Waals surface area contributed by atoms with Crippen LogP contribution in [0.3, 0.4) is 0 Å². The summed E-state index contributed by atoms with van der Waals surface area (Å²) in [4.78, 5) is 12.1. The lowest BCUT2D eigenvalue weighted by Gasteiger charge is -2.42. The Bertz CT molecular complexity index is 597. The van der Waals surface area contributed by atoms with Gasteiger partial charge in [0.25, 0.3) is 15.0 Å². The van der Waals surface area contributed by atoms with Crippen molar-refractivity contribution in [1.29, 1.82) is 0 Å². The molecule has 1 amide bonds. The average Bonchev–Trinajstić information content (AvgIpc) is 2.65. The van der Waals surface area contributed by atoms with Gasteiger partial charge in [-0.25, -0.2) is 8.42 Å². The van der Waals surface area contributed by atoms with Crippen LogP contribution in [-0.2, 0) is 16.1 Å². The largest absolute Gasteiger partial charge is 0.345 e. The molecule has 0 atom stereocenters. The van der Waals surface area contributed by atoms with Crippen molar-refractivity contribution >= 4 is 25.6 Å². The van der Waals surface area contributed by atoms with Gasteiger partial charge >= 0.3 is 0 Å². The van der Waals surface area contributed by atoms with Crippen LogP contribution in [0.1, 0.15) is 43.1 Å². The molecule has 106 valence electrons. The van der Waals surface area contributed by atoms with Crippen LogP contribution >= 0.6 is 10.7 Å². The number of amides is 1. The van der Waals surface area contributed by atoms with E-state index in [0.29, 0.717) is 5.69 Å². The fourth-order valence-electron chi connectivity index (χ4n) is 2.37. The molecule has 1 aliphatic rings. The minimum absolute atomic E-state index is 0.0547. The van der Waals surface area contributed by atoms with Crippen molar-refractivity contribution in [1.82, 2.24) is 9.88 Å².